The van der Waals surface area contributed by atoms with Crippen molar-refractivity contribution >= 4 is 34.1 Å². The van der Waals surface area contributed by atoms with Crippen LogP contribution in [0, 0.1) is 0 Å². The molecule has 3 aromatic rings. The Morgan fingerprint density at radius 2 is 1.72 bits per heavy atom. The van der Waals surface area contributed by atoms with Gasteiger partial charge < -0.3 is 4.57 Å². The summed E-state index contributed by atoms with van der Waals surface area (Å²) in [6.07, 6.45) is 4.28. The lowest BCUT2D eigenvalue weighted by Gasteiger charge is -2.07. The lowest BCUT2D eigenvalue weighted by molar-refractivity contribution is 0.970. The van der Waals surface area contributed by atoms with Crippen LogP contribution in [-0.4, -0.2) is 10.8 Å². The first-order valence-electron chi connectivity index (χ1n) is 5.69. The van der Waals surface area contributed by atoms with Crippen molar-refractivity contribution < 1.29 is 0 Å². The summed E-state index contributed by atoms with van der Waals surface area (Å²) in [5.74, 6) is 0. The first-order valence-corrected chi connectivity index (χ1v) is 7.30. The van der Waals surface area contributed by atoms with Crippen LogP contribution in [-0.2, 0) is 0 Å². The molecular weight excluding hydrogens is 262 g/mol. The van der Waals surface area contributed by atoms with Crippen LogP contribution in [0.3, 0.4) is 0 Å². The number of thioether (sulfide) groups is 1. The summed E-state index contributed by atoms with van der Waals surface area (Å²) in [6.45, 7) is 0. The van der Waals surface area contributed by atoms with Gasteiger partial charge in [0, 0.05) is 27.7 Å². The summed E-state index contributed by atoms with van der Waals surface area (Å²) >= 11 is 7.70. The fourth-order valence-electron chi connectivity index (χ4n) is 2.13. The van der Waals surface area contributed by atoms with E-state index in [2.05, 4.69) is 41.3 Å². The Balaban J connectivity index is 2.25. The molecule has 0 aliphatic heterocycles. The van der Waals surface area contributed by atoms with Crippen molar-refractivity contribution in [2.24, 2.45) is 0 Å². The normalized spacial score (nSPS) is 11.0. The predicted octanol–water partition coefficient (Wildman–Crippen LogP) is 5.01. The summed E-state index contributed by atoms with van der Waals surface area (Å²) in [5, 5.41) is 4.57. The summed E-state index contributed by atoms with van der Waals surface area (Å²) in [6, 6.07) is 16.4. The Labute approximate surface area is 115 Å². The molecule has 1 nitrogen and oxygen atoms in total. The van der Waals surface area contributed by atoms with Gasteiger partial charge in [-0.3, -0.25) is 0 Å². The van der Waals surface area contributed by atoms with Crippen LogP contribution in [0.1, 0.15) is 0 Å². The molecule has 0 spiro atoms. The molecule has 18 heavy (non-hydrogen) atoms. The minimum Gasteiger partial charge on any atom is -0.311 e. The Morgan fingerprint density at radius 1 is 1.00 bits per heavy atom. The Kier molecular flexibility index (Phi) is 3.06. The zero-order valence-corrected chi connectivity index (χ0v) is 11.5. The highest BCUT2D eigenvalue weighted by molar-refractivity contribution is 7.98. The van der Waals surface area contributed by atoms with Gasteiger partial charge in [0.1, 0.15) is 0 Å². The molecule has 3 heteroatoms. The lowest BCUT2D eigenvalue weighted by Crippen LogP contribution is -1.92. The number of hydrogen-bond acceptors (Lipinski definition) is 1. The van der Waals surface area contributed by atoms with Gasteiger partial charge >= 0.3 is 0 Å². The van der Waals surface area contributed by atoms with E-state index in [4.69, 9.17) is 11.6 Å². The molecule has 0 unspecified atom stereocenters. The second kappa shape index (κ2) is 4.71. The third kappa shape index (κ3) is 1.92. The molecule has 0 radical (unpaired) electrons. The monoisotopic (exact) mass is 273 g/mol. The molecule has 2 aromatic carbocycles. The maximum absolute atomic E-state index is 5.94. The molecule has 0 saturated heterocycles. The van der Waals surface area contributed by atoms with Crippen LogP contribution in [0.15, 0.2) is 59.8 Å². The van der Waals surface area contributed by atoms with Crippen LogP contribution in [0.25, 0.3) is 16.5 Å². The summed E-state index contributed by atoms with van der Waals surface area (Å²) in [5.41, 5.74) is 1.14. The van der Waals surface area contributed by atoms with Crippen molar-refractivity contribution in [3.05, 3.63) is 59.8 Å². The smallest absolute Gasteiger partial charge is 0.0871 e. The zero-order valence-electron chi connectivity index (χ0n) is 9.93. The highest BCUT2D eigenvalue weighted by Crippen LogP contribution is 2.31. The topological polar surface area (TPSA) is 4.93 Å². The van der Waals surface area contributed by atoms with Crippen LogP contribution in [0.5, 0.6) is 0 Å². The van der Waals surface area contributed by atoms with Gasteiger partial charge in [0.15, 0.2) is 0 Å². The first-order chi connectivity index (χ1) is 8.79. The number of hydrogen-bond donors (Lipinski definition) is 0. The van der Waals surface area contributed by atoms with Gasteiger partial charge in [0.25, 0.3) is 0 Å². The summed E-state index contributed by atoms with van der Waals surface area (Å²) in [4.78, 5) is 0. The molecule has 0 aliphatic rings. The number of benzene rings is 2. The van der Waals surface area contributed by atoms with Gasteiger partial charge in [-0.2, -0.15) is 0 Å². The first kappa shape index (κ1) is 11.7. The molecule has 3 rings (SSSR count). The van der Waals surface area contributed by atoms with E-state index in [1.165, 1.54) is 15.8 Å². The fraction of sp³-hybridized carbons (Fsp3) is 0.0667. The number of aromatic nitrogens is 1. The average Bonchev–Trinajstić information content (AvgIpc) is 2.78. The van der Waals surface area contributed by atoms with Crippen molar-refractivity contribution in [2.45, 2.75) is 5.03 Å². The molecule has 0 atom stereocenters. The van der Waals surface area contributed by atoms with Gasteiger partial charge in [0.05, 0.1) is 5.03 Å². The molecule has 0 fully saturated rings. The molecule has 0 amide bonds. The second-order valence-corrected chi connectivity index (χ2v) is 5.30. The standard InChI is InChI=1S/C15H12ClNS/c1-18-15-14-5-3-2-4-11(14)10-17(15)13-8-6-12(16)7-9-13/h2-10H,1H3. The fourth-order valence-corrected chi connectivity index (χ4v) is 3.02. The van der Waals surface area contributed by atoms with E-state index in [-0.39, 0.29) is 0 Å². The minimum atomic E-state index is 0.765. The van der Waals surface area contributed by atoms with Crippen molar-refractivity contribution in [1.29, 1.82) is 0 Å². The molecule has 1 aromatic heterocycles. The highest BCUT2D eigenvalue weighted by atomic mass is 35.5. The largest absolute Gasteiger partial charge is 0.311 e. The third-order valence-electron chi connectivity index (χ3n) is 2.98. The molecule has 0 aliphatic carbocycles. The van der Waals surface area contributed by atoms with E-state index >= 15 is 0 Å². The number of nitrogens with zero attached hydrogens (tertiary/aromatic N) is 1. The van der Waals surface area contributed by atoms with E-state index in [0.717, 1.165) is 10.7 Å². The second-order valence-electron chi connectivity index (χ2n) is 4.07. The Morgan fingerprint density at radius 3 is 2.44 bits per heavy atom. The van der Waals surface area contributed by atoms with E-state index < -0.39 is 0 Å². The third-order valence-corrected chi connectivity index (χ3v) is 4.03. The van der Waals surface area contributed by atoms with Crippen LogP contribution < -0.4 is 0 Å². The molecule has 0 bridgehead atoms. The van der Waals surface area contributed by atoms with Gasteiger partial charge in [0.2, 0.25) is 0 Å². The SMILES string of the molecule is CSc1c2ccccc2cn1-c1ccc(Cl)cc1. The number of halogens is 1. The van der Waals surface area contributed by atoms with E-state index in [1.54, 1.807) is 11.8 Å². The lowest BCUT2D eigenvalue weighted by atomic mass is 10.2. The maximum atomic E-state index is 5.94. The zero-order chi connectivity index (χ0) is 12.5. The molecular formula is C15H12ClNS. The Bertz CT molecular complexity index is 685. The van der Waals surface area contributed by atoms with Crippen molar-refractivity contribution in [3.63, 3.8) is 0 Å². The number of fused-ring (bicyclic) bond motifs is 1. The van der Waals surface area contributed by atoms with Crippen molar-refractivity contribution in [3.8, 4) is 5.69 Å². The van der Waals surface area contributed by atoms with E-state index in [1.807, 2.05) is 24.3 Å². The summed E-state index contributed by atoms with van der Waals surface area (Å²) in [7, 11) is 0. The van der Waals surface area contributed by atoms with E-state index in [0.29, 0.717) is 0 Å². The van der Waals surface area contributed by atoms with Crippen molar-refractivity contribution in [1.82, 2.24) is 4.57 Å². The van der Waals surface area contributed by atoms with Crippen LogP contribution in [0.2, 0.25) is 5.02 Å². The molecule has 1 heterocycles. The van der Waals surface area contributed by atoms with Crippen molar-refractivity contribution in [2.75, 3.05) is 6.26 Å². The van der Waals surface area contributed by atoms with Gasteiger partial charge in [-0.15, -0.1) is 11.8 Å². The summed E-state index contributed by atoms with van der Waals surface area (Å²) < 4.78 is 2.21. The molecule has 90 valence electrons. The van der Waals surface area contributed by atoms with Crippen LogP contribution in [0.4, 0.5) is 0 Å². The van der Waals surface area contributed by atoms with Gasteiger partial charge in [-0.05, 0) is 30.5 Å². The number of rotatable bonds is 2. The quantitative estimate of drug-likeness (QED) is 0.595. The van der Waals surface area contributed by atoms with E-state index in [9.17, 15) is 0 Å². The minimum absolute atomic E-state index is 0.765. The van der Waals surface area contributed by atoms with Gasteiger partial charge in [-0.25, -0.2) is 0 Å². The highest BCUT2D eigenvalue weighted by Gasteiger charge is 2.09. The average molecular weight is 274 g/mol. The predicted molar refractivity (Wildman–Crippen MR) is 80.1 cm³/mol. The van der Waals surface area contributed by atoms with Crippen LogP contribution >= 0.6 is 23.4 Å². The molecule has 0 saturated carbocycles. The molecule has 0 N–H and O–H groups in total. The van der Waals surface area contributed by atoms with Gasteiger partial charge in [-0.1, -0.05) is 35.9 Å². The Hall–Kier alpha value is -1.38. The maximum Gasteiger partial charge on any atom is 0.0871 e.